The van der Waals surface area contributed by atoms with Gasteiger partial charge in [-0.05, 0) is 0 Å². The molecule has 45 valence electrons. The first-order valence-electron chi connectivity index (χ1n) is 0.516. The van der Waals surface area contributed by atoms with Gasteiger partial charge in [-0.3, -0.25) is 0 Å². The monoisotopic (exact) mass is 204 g/mol. The predicted molar refractivity (Wildman–Crippen MR) is 16.7 cm³/mol. The van der Waals surface area contributed by atoms with Gasteiger partial charge in [-0.15, -0.1) is 0 Å². The van der Waals surface area contributed by atoms with Gasteiger partial charge in [0.05, 0.1) is 0 Å². The van der Waals surface area contributed by atoms with E-state index in [4.69, 9.17) is 13.0 Å². The smallest absolute Gasteiger partial charge is 0.0495 e. The van der Waals surface area contributed by atoms with Crippen molar-refractivity contribution < 1.29 is 35.4 Å². The molecule has 0 spiro atoms. The van der Waals surface area contributed by atoms with E-state index in [0.29, 0.717) is 0 Å². The fraction of sp³-hybridized carbons (Fsp3) is 0. The molecule has 6 heteroatoms. The SMILES string of the molecule is O=[S-](=O)O.[Ag].[NH2-]. The van der Waals surface area contributed by atoms with Crippen molar-refractivity contribution in [2.45, 2.75) is 0 Å². The van der Waals surface area contributed by atoms with Crippen molar-refractivity contribution in [2.75, 3.05) is 0 Å². The summed E-state index contributed by atoms with van der Waals surface area (Å²) in [5.41, 5.74) is 0. The second-order valence-electron chi connectivity index (χ2n) is 0.217. The first-order valence-corrected chi connectivity index (χ1v) is 1.55. The summed E-state index contributed by atoms with van der Waals surface area (Å²) in [6, 6.07) is 0. The van der Waals surface area contributed by atoms with Crippen molar-refractivity contribution in [1.82, 2.24) is 0 Å². The molecule has 1 radical (unpaired) electrons. The molecule has 0 saturated carbocycles. The van der Waals surface area contributed by atoms with E-state index in [1.807, 2.05) is 0 Å². The van der Waals surface area contributed by atoms with Crippen molar-refractivity contribution in [3.63, 3.8) is 0 Å². The number of hydrogen-bond acceptors (Lipinski definition) is 3. The van der Waals surface area contributed by atoms with Crippen LogP contribution in [0.15, 0.2) is 0 Å². The van der Waals surface area contributed by atoms with Crippen LogP contribution in [0.5, 0.6) is 0 Å². The third kappa shape index (κ3) is 161. The minimum atomic E-state index is -2.86. The third-order valence-electron chi connectivity index (χ3n) is 0. The van der Waals surface area contributed by atoms with E-state index in [2.05, 4.69) is 0 Å². The second kappa shape index (κ2) is 9.15. The summed E-state index contributed by atoms with van der Waals surface area (Å²) < 4.78 is 24.1. The molecule has 0 amide bonds. The van der Waals surface area contributed by atoms with Crippen molar-refractivity contribution >= 4 is 11.0 Å². The average Bonchev–Trinajstić information content (AvgIpc) is 0.811. The molecule has 6 heavy (non-hydrogen) atoms. The van der Waals surface area contributed by atoms with Crippen LogP contribution in [0.1, 0.15) is 0 Å². The quantitative estimate of drug-likeness (QED) is 0.270. The Kier molecular flexibility index (Phi) is 24.3. The van der Waals surface area contributed by atoms with Gasteiger partial charge in [-0.1, -0.05) is 0 Å². The molecule has 3 N–H and O–H groups in total. The van der Waals surface area contributed by atoms with E-state index in [1.54, 1.807) is 0 Å². The Morgan fingerprint density at radius 2 is 1.33 bits per heavy atom. The maximum Gasteiger partial charge on any atom is 0.0495 e. The summed E-state index contributed by atoms with van der Waals surface area (Å²) >= 11 is 0. The minimum absolute atomic E-state index is 0. The van der Waals surface area contributed by atoms with Crippen LogP contribution < -0.4 is 0 Å². The zero-order chi connectivity index (χ0) is 3.58. The number of nitrogens with two attached hydrogens (primary N) is 1. The standard InChI is InChI=1S/Ag.H2N.HO3S/c;;1-4(2)3/h;1H2;(H,1,2,3)/q;2*-1. The van der Waals surface area contributed by atoms with Crippen molar-refractivity contribution in [2.24, 2.45) is 0 Å². The normalized spacial score (nSPS) is 5.67. The van der Waals surface area contributed by atoms with Gasteiger partial charge in [-0.25, -0.2) is 0 Å². The Hall–Kier alpha value is 0.610. The second-order valence-corrected chi connectivity index (χ2v) is 0.651. The molecule has 0 unspecified atom stereocenters. The van der Waals surface area contributed by atoms with Crippen LogP contribution in [-0.2, 0) is 41.8 Å². The largest absolute Gasteiger partial charge is 0.693 e. The maximum absolute atomic E-state index is 8.56. The average molecular weight is 205 g/mol. The van der Waals surface area contributed by atoms with Crippen molar-refractivity contribution in [3.8, 4) is 0 Å². The molecule has 0 atom stereocenters. The van der Waals surface area contributed by atoms with E-state index >= 15 is 0 Å². The molecule has 0 aromatic heterocycles. The summed E-state index contributed by atoms with van der Waals surface area (Å²) in [4.78, 5) is 0. The predicted octanol–water partition coefficient (Wildman–Crippen LogP) is 0.483. The van der Waals surface area contributed by atoms with E-state index in [9.17, 15) is 0 Å². The number of rotatable bonds is 0. The van der Waals surface area contributed by atoms with Gasteiger partial charge in [0.1, 0.15) is 0 Å². The summed E-state index contributed by atoms with van der Waals surface area (Å²) in [6.07, 6.45) is 0. The zero-order valence-corrected chi connectivity index (χ0v) is 4.85. The molecule has 0 aromatic rings. The van der Waals surface area contributed by atoms with Crippen LogP contribution in [0, 0.1) is 0 Å². The van der Waals surface area contributed by atoms with Gasteiger partial charge in [0, 0.05) is 33.4 Å². The molecular weight excluding hydrogens is 202 g/mol. The molecular formula is H3AgNO3S-2. The first-order chi connectivity index (χ1) is 1.73. The maximum atomic E-state index is 8.56. The van der Waals surface area contributed by atoms with E-state index in [1.165, 1.54) is 0 Å². The molecule has 4 nitrogen and oxygen atoms in total. The van der Waals surface area contributed by atoms with Gasteiger partial charge in [0.25, 0.3) is 0 Å². The topological polar surface area (TPSA) is 87.9 Å². The van der Waals surface area contributed by atoms with Crippen molar-refractivity contribution in [1.29, 1.82) is 0 Å². The first kappa shape index (κ1) is 16.0. The molecule has 0 aromatic carbocycles. The zero-order valence-electron chi connectivity index (χ0n) is 2.55. The van der Waals surface area contributed by atoms with Crippen LogP contribution >= 0.6 is 0 Å². The fourth-order valence-corrected chi connectivity index (χ4v) is 0. The van der Waals surface area contributed by atoms with E-state index < -0.39 is 11.0 Å². The van der Waals surface area contributed by atoms with Gasteiger partial charge >= 0.3 is 0 Å². The van der Waals surface area contributed by atoms with Crippen LogP contribution in [-0.4, -0.2) is 4.55 Å². The van der Waals surface area contributed by atoms with Crippen LogP contribution in [0.4, 0.5) is 0 Å². The Balaban J connectivity index is -0.0000000450. The van der Waals surface area contributed by atoms with Gasteiger partial charge in [0.2, 0.25) is 0 Å². The molecule has 0 aliphatic carbocycles. The van der Waals surface area contributed by atoms with E-state index in [-0.39, 0.29) is 28.5 Å². The molecule has 0 aliphatic rings. The van der Waals surface area contributed by atoms with Crippen LogP contribution in [0.2, 0.25) is 0 Å². The van der Waals surface area contributed by atoms with Gasteiger partial charge < -0.3 is 19.1 Å². The molecule has 0 heterocycles. The fourth-order valence-electron chi connectivity index (χ4n) is 0. The Morgan fingerprint density at radius 1 is 1.33 bits per heavy atom. The van der Waals surface area contributed by atoms with Crippen molar-refractivity contribution in [3.05, 3.63) is 6.15 Å². The van der Waals surface area contributed by atoms with Gasteiger partial charge in [0.15, 0.2) is 0 Å². The molecule has 0 fully saturated rings. The van der Waals surface area contributed by atoms with Crippen LogP contribution in [0.25, 0.3) is 6.15 Å². The summed E-state index contributed by atoms with van der Waals surface area (Å²) in [6.45, 7) is 0. The van der Waals surface area contributed by atoms with Gasteiger partial charge in [-0.2, -0.15) is 0 Å². The number of hydrogen-bond donors (Lipinski definition) is 1. The molecule has 0 aliphatic heterocycles. The summed E-state index contributed by atoms with van der Waals surface area (Å²) in [7, 11) is -2.86. The van der Waals surface area contributed by atoms with Crippen LogP contribution in [0.3, 0.4) is 0 Å². The molecule has 0 bridgehead atoms. The Morgan fingerprint density at radius 3 is 1.33 bits per heavy atom. The Bertz CT molecular complexity index is 59.2. The molecule has 0 saturated heterocycles. The Labute approximate surface area is 52.8 Å². The molecule has 0 rings (SSSR count). The summed E-state index contributed by atoms with van der Waals surface area (Å²) in [5, 5.41) is 0. The van der Waals surface area contributed by atoms with E-state index in [0.717, 1.165) is 0 Å². The third-order valence-corrected chi connectivity index (χ3v) is 0. The summed E-state index contributed by atoms with van der Waals surface area (Å²) in [5.74, 6) is 0. The minimum Gasteiger partial charge on any atom is -0.693 e.